The van der Waals surface area contributed by atoms with Gasteiger partial charge in [0.05, 0.1) is 24.1 Å². The standard InChI is InChI=1S/C22H27FN6O3S/c1-13(2)19(20-14(3)17-10-15(23)4-5-18(17)32-20)28-22(30)27-16-11-25-21(26-12-16)29-6-8-33(24,31)9-7-29/h4-5,10-13,19,24H,6-9H2,1-3H3,(H2,27,28,30)/t19-/m0/s1. The van der Waals surface area contributed by atoms with Crippen molar-refractivity contribution >= 4 is 38.4 Å². The first-order chi connectivity index (χ1) is 15.6. The average Bonchev–Trinajstić information content (AvgIpc) is 3.08. The van der Waals surface area contributed by atoms with Gasteiger partial charge in [0.2, 0.25) is 5.95 Å². The predicted octanol–water partition coefficient (Wildman–Crippen LogP) is 4.06. The molecule has 0 spiro atoms. The Morgan fingerprint density at radius 1 is 1.24 bits per heavy atom. The molecule has 1 aliphatic rings. The van der Waals surface area contributed by atoms with Gasteiger partial charge in [-0.05, 0) is 31.0 Å². The van der Waals surface area contributed by atoms with E-state index in [1.54, 1.807) is 6.07 Å². The summed E-state index contributed by atoms with van der Waals surface area (Å²) in [5.41, 5.74) is 1.78. The second-order valence-corrected chi connectivity index (χ2v) is 11.0. The fourth-order valence-corrected chi connectivity index (χ4v) is 5.07. The monoisotopic (exact) mass is 474 g/mol. The smallest absolute Gasteiger partial charge is 0.319 e. The minimum Gasteiger partial charge on any atom is -0.459 e. The second kappa shape index (κ2) is 8.97. The van der Waals surface area contributed by atoms with Crippen LogP contribution in [-0.2, 0) is 9.73 Å². The number of anilines is 2. The summed E-state index contributed by atoms with van der Waals surface area (Å²) in [6, 6.07) is 3.50. The van der Waals surface area contributed by atoms with E-state index in [9.17, 15) is 13.4 Å². The van der Waals surface area contributed by atoms with Crippen LogP contribution in [0, 0.1) is 23.4 Å². The molecule has 1 fully saturated rings. The Balaban J connectivity index is 1.44. The molecule has 176 valence electrons. The summed E-state index contributed by atoms with van der Waals surface area (Å²) in [5.74, 6) is 1.33. The number of nitrogens with zero attached hydrogens (tertiary/aromatic N) is 3. The van der Waals surface area contributed by atoms with Crippen molar-refractivity contribution in [3.8, 4) is 0 Å². The van der Waals surface area contributed by atoms with E-state index < -0.39 is 21.8 Å². The van der Waals surface area contributed by atoms with Gasteiger partial charge in [-0.1, -0.05) is 13.8 Å². The summed E-state index contributed by atoms with van der Waals surface area (Å²) in [4.78, 5) is 23.2. The van der Waals surface area contributed by atoms with Crippen molar-refractivity contribution in [2.24, 2.45) is 5.92 Å². The summed E-state index contributed by atoms with van der Waals surface area (Å²) in [7, 11) is -2.49. The number of hydrogen-bond acceptors (Lipinski definition) is 7. The van der Waals surface area contributed by atoms with Crippen molar-refractivity contribution < 1.29 is 17.8 Å². The van der Waals surface area contributed by atoms with Crippen molar-refractivity contribution in [3.05, 3.63) is 47.7 Å². The number of furan rings is 1. The van der Waals surface area contributed by atoms with E-state index in [1.165, 1.54) is 24.5 Å². The van der Waals surface area contributed by atoms with Crippen LogP contribution in [0.25, 0.3) is 11.0 Å². The molecule has 0 radical (unpaired) electrons. The summed E-state index contributed by atoms with van der Waals surface area (Å²) >= 11 is 0. The Morgan fingerprint density at radius 3 is 2.55 bits per heavy atom. The van der Waals surface area contributed by atoms with Crippen LogP contribution in [0.4, 0.5) is 20.8 Å². The third-order valence-corrected chi connectivity index (χ3v) is 7.42. The molecule has 2 amide bonds. The molecule has 1 saturated heterocycles. The van der Waals surface area contributed by atoms with Gasteiger partial charge in [-0.2, -0.15) is 0 Å². The number of carbonyl (C=O) groups excluding carboxylic acids is 1. The highest BCUT2D eigenvalue weighted by Gasteiger charge is 2.26. The predicted molar refractivity (Wildman–Crippen MR) is 125 cm³/mol. The molecule has 1 atom stereocenters. The van der Waals surface area contributed by atoms with E-state index in [2.05, 4.69) is 20.6 Å². The van der Waals surface area contributed by atoms with E-state index in [0.29, 0.717) is 53.0 Å². The Hall–Kier alpha value is -3.21. The zero-order valence-electron chi connectivity index (χ0n) is 18.7. The van der Waals surface area contributed by atoms with Crippen LogP contribution >= 0.6 is 0 Å². The number of fused-ring (bicyclic) bond motifs is 1. The highest BCUT2D eigenvalue weighted by molar-refractivity contribution is 7.92. The van der Waals surface area contributed by atoms with Crippen molar-refractivity contribution in [2.75, 3.05) is 34.8 Å². The third kappa shape index (κ3) is 5.08. The molecule has 1 aliphatic heterocycles. The van der Waals surface area contributed by atoms with Gasteiger partial charge < -0.3 is 20.0 Å². The Bertz CT molecular complexity index is 1260. The minimum atomic E-state index is -2.49. The molecule has 0 aliphatic carbocycles. The van der Waals surface area contributed by atoms with Gasteiger partial charge in [-0.15, -0.1) is 0 Å². The molecule has 4 rings (SSSR count). The SMILES string of the molecule is Cc1c([C@@H](NC(=O)Nc2cnc(N3CCS(=N)(=O)CC3)nc2)C(C)C)oc2ccc(F)cc12. The number of carbonyl (C=O) groups is 1. The van der Waals surface area contributed by atoms with Crippen LogP contribution in [0.1, 0.15) is 31.2 Å². The third-order valence-electron chi connectivity index (χ3n) is 5.73. The number of hydrogen-bond donors (Lipinski definition) is 3. The zero-order valence-corrected chi connectivity index (χ0v) is 19.5. The first kappa shape index (κ1) is 23.0. The molecule has 1 aromatic carbocycles. The molecule has 33 heavy (non-hydrogen) atoms. The molecule has 0 unspecified atom stereocenters. The number of nitrogens with one attached hydrogen (secondary N) is 3. The van der Waals surface area contributed by atoms with E-state index in [1.807, 2.05) is 25.7 Å². The minimum absolute atomic E-state index is 0.0184. The zero-order chi connectivity index (χ0) is 23.8. The fourth-order valence-electron chi connectivity index (χ4n) is 3.83. The van der Waals surface area contributed by atoms with Gasteiger partial charge in [-0.3, -0.25) is 4.78 Å². The molecule has 9 nitrogen and oxygen atoms in total. The number of amides is 2. The van der Waals surface area contributed by atoms with Crippen LogP contribution in [-0.4, -0.2) is 44.8 Å². The Labute approximate surface area is 191 Å². The largest absolute Gasteiger partial charge is 0.459 e. The molecule has 11 heteroatoms. The van der Waals surface area contributed by atoms with Crippen molar-refractivity contribution in [2.45, 2.75) is 26.8 Å². The topological polar surface area (TPSA) is 124 Å². The highest BCUT2D eigenvalue weighted by Crippen LogP contribution is 2.33. The number of benzene rings is 1. The molecule has 3 N–H and O–H groups in total. The maximum Gasteiger partial charge on any atom is 0.319 e. The van der Waals surface area contributed by atoms with Crippen molar-refractivity contribution in [1.82, 2.24) is 15.3 Å². The highest BCUT2D eigenvalue weighted by atomic mass is 32.2. The molecule has 3 aromatic rings. The quantitative estimate of drug-likeness (QED) is 0.512. The summed E-state index contributed by atoms with van der Waals surface area (Å²) in [5, 5.41) is 6.34. The lowest BCUT2D eigenvalue weighted by Gasteiger charge is -2.27. The van der Waals surface area contributed by atoms with Gasteiger partial charge in [-0.25, -0.2) is 23.4 Å². The fraction of sp³-hybridized carbons (Fsp3) is 0.409. The van der Waals surface area contributed by atoms with E-state index >= 15 is 0 Å². The molecular formula is C22H27FN6O3S. The van der Waals surface area contributed by atoms with Gasteiger partial charge in [0.25, 0.3) is 0 Å². The molecule has 3 heterocycles. The summed E-state index contributed by atoms with van der Waals surface area (Å²) in [6.45, 7) is 6.70. The Kier molecular flexibility index (Phi) is 6.24. The van der Waals surface area contributed by atoms with Crippen LogP contribution < -0.4 is 15.5 Å². The summed E-state index contributed by atoms with van der Waals surface area (Å²) in [6.07, 6.45) is 3.02. The maximum absolute atomic E-state index is 13.7. The van der Waals surface area contributed by atoms with Crippen LogP contribution in [0.5, 0.6) is 0 Å². The molecule has 2 aromatic heterocycles. The van der Waals surface area contributed by atoms with Crippen LogP contribution in [0.3, 0.4) is 0 Å². The van der Waals surface area contributed by atoms with Crippen LogP contribution in [0.2, 0.25) is 0 Å². The van der Waals surface area contributed by atoms with Gasteiger partial charge >= 0.3 is 6.03 Å². The second-order valence-electron chi connectivity index (χ2n) is 8.53. The maximum atomic E-state index is 13.7. The van der Waals surface area contributed by atoms with E-state index in [-0.39, 0.29) is 11.7 Å². The summed E-state index contributed by atoms with van der Waals surface area (Å²) < 4.78 is 39.1. The van der Waals surface area contributed by atoms with Crippen LogP contribution in [0.15, 0.2) is 35.0 Å². The normalized spacial score (nSPS) is 16.7. The van der Waals surface area contributed by atoms with Crippen molar-refractivity contribution in [1.29, 1.82) is 4.78 Å². The lowest BCUT2D eigenvalue weighted by Crippen LogP contribution is -2.40. The number of aromatic nitrogens is 2. The number of urea groups is 1. The first-order valence-electron chi connectivity index (χ1n) is 10.7. The van der Waals surface area contributed by atoms with Gasteiger partial charge in [0.1, 0.15) is 17.2 Å². The van der Waals surface area contributed by atoms with Gasteiger partial charge in [0.15, 0.2) is 0 Å². The number of halogens is 1. The van der Waals surface area contributed by atoms with E-state index in [0.717, 1.165) is 5.56 Å². The molecular weight excluding hydrogens is 447 g/mol. The Morgan fingerprint density at radius 2 is 1.91 bits per heavy atom. The number of rotatable bonds is 5. The lowest BCUT2D eigenvalue weighted by atomic mass is 9.98. The van der Waals surface area contributed by atoms with E-state index in [4.69, 9.17) is 9.20 Å². The molecule has 0 saturated carbocycles. The first-order valence-corrected chi connectivity index (χ1v) is 12.6. The number of aryl methyl sites for hydroxylation is 1. The molecule has 0 bridgehead atoms. The van der Waals surface area contributed by atoms with Gasteiger partial charge in [0, 0.05) is 45.3 Å². The van der Waals surface area contributed by atoms with Crippen molar-refractivity contribution in [3.63, 3.8) is 0 Å². The average molecular weight is 475 g/mol. The lowest BCUT2D eigenvalue weighted by molar-refractivity contribution is 0.241.